The number of nitrogens with zero attached hydrogens (tertiary/aromatic N) is 2. The lowest BCUT2D eigenvalue weighted by molar-refractivity contribution is -0.142. The van der Waals surface area contributed by atoms with Crippen LogP contribution in [0.3, 0.4) is 0 Å². The molecule has 500 valence electrons. The number of unbranched alkanes of at least 4 members (excludes halogenated alkanes) is 1. The smallest absolute Gasteiger partial charge is 0.326 e. The van der Waals surface area contributed by atoms with Gasteiger partial charge in [0, 0.05) is 13.1 Å². The van der Waals surface area contributed by atoms with Gasteiger partial charge in [0.25, 0.3) is 0 Å². The molecule has 0 rings (SSSR count). The Morgan fingerprint density at radius 2 is 0.830 bits per heavy atom. The average molecular weight is 1260 g/mol. The van der Waals surface area contributed by atoms with E-state index in [1.165, 1.54) is 20.8 Å². The summed E-state index contributed by atoms with van der Waals surface area (Å²) in [4.78, 5) is 179. The molecule has 0 saturated heterocycles. The zero-order valence-corrected chi connectivity index (χ0v) is 51.3. The molecule has 0 aromatic heterocycles. The van der Waals surface area contributed by atoms with Crippen LogP contribution in [-0.2, 0) is 62.3 Å². The number of amides is 12. The lowest BCUT2D eigenvalue weighted by Crippen LogP contribution is -2.61. The van der Waals surface area contributed by atoms with Gasteiger partial charge in [-0.05, 0) is 89.5 Å². The van der Waals surface area contributed by atoms with Crippen molar-refractivity contribution in [1.29, 1.82) is 0 Å². The Morgan fingerprint density at radius 1 is 0.432 bits per heavy atom. The van der Waals surface area contributed by atoms with Crippen molar-refractivity contribution >= 4 is 88.8 Å². The third-order valence-electron chi connectivity index (χ3n) is 12.9. The Balaban J connectivity index is 6.16. The molecule has 28 N–H and O–H groups in total. The van der Waals surface area contributed by atoms with Crippen LogP contribution in [0.25, 0.3) is 0 Å². The molecular weight excluding hydrogens is 1160 g/mol. The molecule has 0 aliphatic rings. The first-order chi connectivity index (χ1) is 41.1. The van der Waals surface area contributed by atoms with Gasteiger partial charge >= 0.3 is 5.97 Å². The van der Waals surface area contributed by atoms with E-state index in [1.807, 2.05) is 0 Å². The summed E-state index contributed by atoms with van der Waals surface area (Å²) in [6.07, 6.45) is 0.607. The molecule has 0 aromatic carbocycles. The number of hydrogen-bond acceptors (Lipinski definition) is 19. The van der Waals surface area contributed by atoms with Crippen molar-refractivity contribution in [2.24, 2.45) is 67.9 Å². The van der Waals surface area contributed by atoms with E-state index in [-0.39, 0.29) is 63.0 Å². The highest BCUT2D eigenvalue weighted by atomic mass is 16.4. The maximum Gasteiger partial charge on any atom is 0.326 e. The minimum absolute atomic E-state index is 0.00771. The number of guanidine groups is 2. The molecule has 0 heterocycles. The molecule has 11 atom stereocenters. The number of nitrogens with one attached hydrogen (secondary N) is 11. The van der Waals surface area contributed by atoms with E-state index >= 15 is 0 Å². The Morgan fingerprint density at radius 3 is 1.28 bits per heavy atom. The molecule has 0 aliphatic carbocycles. The number of aliphatic hydroxyl groups is 2. The van der Waals surface area contributed by atoms with Crippen molar-refractivity contribution in [2.45, 2.75) is 180 Å². The van der Waals surface area contributed by atoms with E-state index in [0.29, 0.717) is 25.8 Å². The fraction of sp³-hybridized carbons (Fsp3) is 0.712. The minimum atomic E-state index is -1.87. The Labute approximate surface area is 510 Å². The second-order valence-corrected chi connectivity index (χ2v) is 21.9. The van der Waals surface area contributed by atoms with Gasteiger partial charge in [-0.2, -0.15) is 0 Å². The first-order valence-corrected chi connectivity index (χ1v) is 28.7. The van der Waals surface area contributed by atoms with Crippen molar-refractivity contribution in [3.8, 4) is 0 Å². The number of carboxylic acids is 1. The predicted molar refractivity (Wildman–Crippen MR) is 319 cm³/mol. The van der Waals surface area contributed by atoms with Crippen molar-refractivity contribution in [3.63, 3.8) is 0 Å². The van der Waals surface area contributed by atoms with E-state index in [9.17, 15) is 77.6 Å². The van der Waals surface area contributed by atoms with Gasteiger partial charge in [-0.25, -0.2) is 4.79 Å². The van der Waals surface area contributed by atoms with E-state index in [2.05, 4.69) is 68.5 Å². The first-order valence-electron chi connectivity index (χ1n) is 28.7. The summed E-state index contributed by atoms with van der Waals surface area (Å²) < 4.78 is 0. The number of nitrogens with two attached hydrogens (primary N) is 7. The fourth-order valence-corrected chi connectivity index (χ4v) is 7.94. The summed E-state index contributed by atoms with van der Waals surface area (Å²) in [6, 6.07) is -16.1. The zero-order valence-electron chi connectivity index (χ0n) is 51.3. The number of aliphatic imine (C=N–C) groups is 2. The van der Waals surface area contributed by atoms with E-state index in [0.717, 1.165) is 6.92 Å². The largest absolute Gasteiger partial charge is 0.480 e. The van der Waals surface area contributed by atoms with Gasteiger partial charge in [0.05, 0.1) is 32.2 Å². The third-order valence-corrected chi connectivity index (χ3v) is 12.9. The van der Waals surface area contributed by atoms with Crippen molar-refractivity contribution < 1.29 is 77.6 Å². The van der Waals surface area contributed by atoms with Crippen molar-refractivity contribution in [1.82, 2.24) is 58.5 Å². The second kappa shape index (κ2) is 41.6. The SMILES string of the molecule is CC(C)C[C@H](NC(=O)[C@H](CCCN=C(N)N)NC(=O)[C@H](CO)NC(=O)[C@H](CO)NC(=O)[C@H](C)NC(=O)[C@H](CC(N)=O)NC(=O)[C@@H](NC(=O)[C@@H](NC(=O)CNC(=O)[C@@H](N)CCCN=C(N)N)C(C)C)C(C)C)C(=O)N[C@@H](C)C(=O)N[C@@H](CCCCN)C(=O)O. The molecule has 88 heavy (non-hydrogen) atoms. The number of carbonyl (C=O) groups is 13. The molecule has 36 heteroatoms. The quantitative estimate of drug-likeness (QED) is 0.0153. The summed E-state index contributed by atoms with van der Waals surface area (Å²) >= 11 is 0. The minimum Gasteiger partial charge on any atom is -0.480 e. The highest BCUT2D eigenvalue weighted by Crippen LogP contribution is 2.11. The molecule has 0 bridgehead atoms. The van der Waals surface area contributed by atoms with E-state index in [1.54, 1.807) is 27.7 Å². The second-order valence-electron chi connectivity index (χ2n) is 21.9. The molecule has 0 aliphatic heterocycles. The van der Waals surface area contributed by atoms with Crippen LogP contribution in [0, 0.1) is 17.8 Å². The lowest BCUT2D eigenvalue weighted by atomic mass is 9.99. The van der Waals surface area contributed by atoms with Gasteiger partial charge in [0.1, 0.15) is 60.4 Å². The van der Waals surface area contributed by atoms with Gasteiger partial charge in [0.2, 0.25) is 70.9 Å². The first kappa shape index (κ1) is 79.5. The molecule has 0 fully saturated rings. The van der Waals surface area contributed by atoms with Gasteiger partial charge in [-0.1, -0.05) is 41.5 Å². The molecule has 0 unspecified atom stereocenters. The molecule has 0 radical (unpaired) electrons. The normalized spacial score (nSPS) is 14.8. The average Bonchev–Trinajstić information content (AvgIpc) is 3.51. The maximum atomic E-state index is 13.9. The Bertz CT molecular complexity index is 2420. The summed E-state index contributed by atoms with van der Waals surface area (Å²) in [5, 5.41) is 56.1. The van der Waals surface area contributed by atoms with Gasteiger partial charge in [-0.3, -0.25) is 67.5 Å². The standard InChI is InChI=1S/C52H96N20O16/c1-24(2)19-32(44(81)63-27(7)40(77)66-31(50(87)88)14-9-10-16-53)67-43(80)30(15-12-18-61-52(58)59)65-46(83)35(23-74)70-47(84)34(22-73)69-41(78)28(8)64-45(82)33(20-36(55)75)68-48(85)39(26(5)6)72-49(86)38(25(3)4)71-37(76)21-62-42(79)29(54)13-11-17-60-51(56)57/h24-35,38-39,73-74H,9-23,53-54H2,1-8H3,(H2,55,75)(H,62,79)(H,63,81)(H,64,82)(H,65,83)(H,66,77)(H,67,80)(H,68,85)(H,69,78)(H,70,84)(H,71,76)(H,72,86)(H,87,88)(H4,56,57,60)(H4,58,59,61)/t27-,28-,29-,30-,31-,32-,33-,34-,35-,38-,39-/m0/s1. The number of carboxylic acid groups (broad SMARTS) is 1. The van der Waals surface area contributed by atoms with Gasteiger partial charge in [0.15, 0.2) is 11.9 Å². The van der Waals surface area contributed by atoms with Gasteiger partial charge < -0.3 is 114 Å². The van der Waals surface area contributed by atoms with Crippen LogP contribution in [0.2, 0.25) is 0 Å². The number of carbonyl (C=O) groups excluding carboxylic acids is 12. The summed E-state index contributed by atoms with van der Waals surface area (Å²) in [7, 11) is 0. The van der Waals surface area contributed by atoms with Crippen molar-refractivity contribution in [3.05, 3.63) is 0 Å². The highest BCUT2D eigenvalue weighted by molar-refractivity contribution is 6.00. The van der Waals surface area contributed by atoms with Crippen molar-refractivity contribution in [2.75, 3.05) is 39.4 Å². The topological polar surface area (TPSA) is 622 Å². The molecule has 0 aromatic rings. The third kappa shape index (κ3) is 31.8. The Hall–Kier alpha value is -8.51. The van der Waals surface area contributed by atoms with Crippen LogP contribution < -0.4 is 98.6 Å². The van der Waals surface area contributed by atoms with Crippen LogP contribution in [0.1, 0.15) is 113 Å². The van der Waals surface area contributed by atoms with Crippen LogP contribution in [0.5, 0.6) is 0 Å². The molecule has 0 saturated carbocycles. The summed E-state index contributed by atoms with van der Waals surface area (Å²) in [5.41, 5.74) is 38.2. The highest BCUT2D eigenvalue weighted by Gasteiger charge is 2.36. The maximum absolute atomic E-state index is 13.9. The number of aliphatic carboxylic acids is 1. The fourth-order valence-electron chi connectivity index (χ4n) is 7.94. The zero-order chi connectivity index (χ0) is 67.5. The summed E-state index contributed by atoms with van der Waals surface area (Å²) in [5.74, 6) is -14.9. The van der Waals surface area contributed by atoms with Crippen LogP contribution in [0.4, 0.5) is 0 Å². The molecule has 12 amide bonds. The number of rotatable bonds is 43. The van der Waals surface area contributed by atoms with E-state index < -0.39 is 181 Å². The lowest BCUT2D eigenvalue weighted by Gasteiger charge is -2.28. The predicted octanol–water partition coefficient (Wildman–Crippen LogP) is -9.14. The molecular formula is C52H96N20O16. The van der Waals surface area contributed by atoms with Crippen LogP contribution in [0.15, 0.2) is 9.98 Å². The number of primary amides is 1. The Kier molecular flexibility index (Phi) is 37.5. The van der Waals surface area contributed by atoms with Crippen LogP contribution >= 0.6 is 0 Å². The van der Waals surface area contributed by atoms with Crippen LogP contribution in [-0.4, -0.2) is 210 Å². The number of aliphatic hydroxyl groups excluding tert-OH is 2. The summed E-state index contributed by atoms with van der Waals surface area (Å²) in [6.45, 7) is 9.84. The van der Waals surface area contributed by atoms with Gasteiger partial charge in [-0.15, -0.1) is 0 Å². The molecule has 36 nitrogen and oxygen atoms in total. The number of hydrogen-bond donors (Lipinski definition) is 21. The molecule has 0 spiro atoms. The van der Waals surface area contributed by atoms with E-state index in [4.69, 9.17) is 40.1 Å². The monoisotopic (exact) mass is 1260 g/mol.